The van der Waals surface area contributed by atoms with Crippen molar-refractivity contribution in [2.24, 2.45) is 0 Å². The average Bonchev–Trinajstić information content (AvgIpc) is 3.83. The second kappa shape index (κ2) is 12.3. The highest BCUT2D eigenvalue weighted by Crippen LogP contribution is 2.42. The van der Waals surface area contributed by atoms with Crippen molar-refractivity contribution < 1.29 is 8.83 Å². The molecule has 0 unspecified atom stereocenters. The smallest absolute Gasteiger partial charge is 0.231 e. The zero-order valence-corrected chi connectivity index (χ0v) is 27.8. The molecule has 3 aromatic heterocycles. The van der Waals surface area contributed by atoms with Crippen LogP contribution in [0.5, 0.6) is 0 Å². The highest BCUT2D eigenvalue weighted by atomic mass is 16.4. The predicted molar refractivity (Wildman–Crippen MR) is 207 cm³/mol. The fourth-order valence-corrected chi connectivity index (χ4v) is 6.83. The number of fused-ring (bicyclic) bond motifs is 4. The maximum atomic E-state index is 6.88. The van der Waals surface area contributed by atoms with Crippen LogP contribution in [0.1, 0.15) is 0 Å². The van der Waals surface area contributed by atoms with Gasteiger partial charge < -0.3 is 8.83 Å². The van der Waals surface area contributed by atoms with Gasteiger partial charge >= 0.3 is 0 Å². The van der Waals surface area contributed by atoms with Gasteiger partial charge in [-0.15, -0.1) is 0 Å². The molecule has 0 amide bonds. The van der Waals surface area contributed by atoms with E-state index < -0.39 is 0 Å². The molecule has 0 spiro atoms. The lowest BCUT2D eigenvalue weighted by Crippen LogP contribution is -2.00. The second-order valence-electron chi connectivity index (χ2n) is 12.7. The summed E-state index contributed by atoms with van der Waals surface area (Å²) in [5.74, 6) is 2.17. The Labute approximate surface area is 298 Å². The van der Waals surface area contributed by atoms with Crippen LogP contribution in [-0.2, 0) is 0 Å². The SMILES string of the molecule is c1ccc(-c2cccc(-c3nc(-c4ccccc4)nc(-c4cccc5c4oc4c(-c6nc7ccccc7o6)cc(-c6ccccc6)cc45)n3)c2)cc1. The van der Waals surface area contributed by atoms with Crippen LogP contribution in [0.15, 0.2) is 179 Å². The van der Waals surface area contributed by atoms with Crippen molar-refractivity contribution in [2.75, 3.05) is 0 Å². The summed E-state index contributed by atoms with van der Waals surface area (Å²) in [5, 5.41) is 1.89. The molecule has 0 atom stereocenters. The molecule has 0 saturated carbocycles. The molecule has 0 N–H and O–H groups in total. The first kappa shape index (κ1) is 29.7. The Balaban J connectivity index is 1.21. The maximum absolute atomic E-state index is 6.88. The van der Waals surface area contributed by atoms with E-state index in [1.807, 2.05) is 115 Å². The molecule has 0 saturated heterocycles. The summed E-state index contributed by atoms with van der Waals surface area (Å²) in [6.45, 7) is 0. The molecule has 244 valence electrons. The number of hydrogen-bond acceptors (Lipinski definition) is 6. The largest absolute Gasteiger partial charge is 0.454 e. The van der Waals surface area contributed by atoms with Gasteiger partial charge in [-0.2, -0.15) is 0 Å². The van der Waals surface area contributed by atoms with Crippen LogP contribution in [0.25, 0.3) is 101 Å². The van der Waals surface area contributed by atoms with Gasteiger partial charge in [-0.05, 0) is 58.7 Å². The zero-order valence-electron chi connectivity index (χ0n) is 27.8. The molecule has 0 bridgehead atoms. The molecule has 7 aromatic carbocycles. The number of oxazole rings is 1. The van der Waals surface area contributed by atoms with Gasteiger partial charge in [0, 0.05) is 21.9 Å². The first-order valence-electron chi connectivity index (χ1n) is 17.1. The van der Waals surface area contributed by atoms with Crippen LogP contribution in [0, 0.1) is 0 Å². The van der Waals surface area contributed by atoms with Gasteiger partial charge in [0.2, 0.25) is 5.89 Å². The van der Waals surface area contributed by atoms with Gasteiger partial charge in [0.1, 0.15) is 16.7 Å². The van der Waals surface area contributed by atoms with Crippen molar-refractivity contribution in [3.8, 4) is 67.9 Å². The van der Waals surface area contributed by atoms with E-state index in [4.69, 9.17) is 28.8 Å². The summed E-state index contributed by atoms with van der Waals surface area (Å²) in [6, 6.07) is 57.2. The third-order valence-electron chi connectivity index (χ3n) is 9.37. The van der Waals surface area contributed by atoms with E-state index in [9.17, 15) is 0 Å². The highest BCUT2D eigenvalue weighted by molar-refractivity contribution is 6.13. The zero-order chi connectivity index (χ0) is 34.4. The number of benzene rings is 7. The van der Waals surface area contributed by atoms with Gasteiger partial charge in [0.15, 0.2) is 23.1 Å². The predicted octanol–water partition coefficient (Wildman–Crippen LogP) is 11.9. The van der Waals surface area contributed by atoms with Crippen molar-refractivity contribution in [1.82, 2.24) is 19.9 Å². The summed E-state index contributed by atoms with van der Waals surface area (Å²) in [4.78, 5) is 20.1. The molecular formula is C46H28N4O2. The molecule has 0 aliphatic rings. The van der Waals surface area contributed by atoms with Gasteiger partial charge in [0.05, 0.1) is 11.1 Å². The first-order chi connectivity index (χ1) is 25.7. The van der Waals surface area contributed by atoms with Crippen molar-refractivity contribution in [1.29, 1.82) is 0 Å². The van der Waals surface area contributed by atoms with Crippen molar-refractivity contribution in [3.05, 3.63) is 170 Å². The molecular weight excluding hydrogens is 641 g/mol. The Bertz CT molecular complexity index is 2870. The molecule has 10 rings (SSSR count). The molecule has 52 heavy (non-hydrogen) atoms. The monoisotopic (exact) mass is 668 g/mol. The lowest BCUT2D eigenvalue weighted by atomic mass is 9.99. The molecule has 0 aliphatic carbocycles. The molecule has 6 heteroatoms. The van der Waals surface area contributed by atoms with Crippen molar-refractivity contribution in [3.63, 3.8) is 0 Å². The van der Waals surface area contributed by atoms with Crippen LogP contribution in [0.3, 0.4) is 0 Å². The fraction of sp³-hybridized carbons (Fsp3) is 0. The second-order valence-corrected chi connectivity index (χ2v) is 12.7. The summed E-state index contributed by atoms with van der Waals surface area (Å²) in [5.41, 5.74) is 10.5. The summed E-state index contributed by atoms with van der Waals surface area (Å²) < 4.78 is 13.2. The minimum Gasteiger partial charge on any atom is -0.454 e. The number of furan rings is 1. The summed E-state index contributed by atoms with van der Waals surface area (Å²) in [7, 11) is 0. The van der Waals surface area contributed by atoms with E-state index >= 15 is 0 Å². The van der Waals surface area contributed by atoms with Gasteiger partial charge in [-0.3, -0.25) is 0 Å². The number of hydrogen-bond donors (Lipinski definition) is 0. The minimum absolute atomic E-state index is 0.497. The van der Waals surface area contributed by atoms with Crippen LogP contribution < -0.4 is 0 Å². The van der Waals surface area contributed by atoms with Gasteiger partial charge in [-0.25, -0.2) is 19.9 Å². The van der Waals surface area contributed by atoms with E-state index in [0.29, 0.717) is 34.5 Å². The quantitative estimate of drug-likeness (QED) is 0.175. The van der Waals surface area contributed by atoms with E-state index in [2.05, 4.69) is 54.6 Å². The molecule has 3 heterocycles. The van der Waals surface area contributed by atoms with E-state index in [0.717, 1.165) is 66.4 Å². The van der Waals surface area contributed by atoms with Gasteiger partial charge in [-0.1, -0.05) is 133 Å². The number of para-hydroxylation sites is 3. The normalized spacial score (nSPS) is 11.5. The Kier molecular flexibility index (Phi) is 7.03. The van der Waals surface area contributed by atoms with E-state index in [1.165, 1.54) is 0 Å². The molecule has 6 nitrogen and oxygen atoms in total. The van der Waals surface area contributed by atoms with Crippen LogP contribution in [0.4, 0.5) is 0 Å². The van der Waals surface area contributed by atoms with Crippen molar-refractivity contribution >= 4 is 33.0 Å². The third-order valence-corrected chi connectivity index (χ3v) is 9.37. The van der Waals surface area contributed by atoms with Crippen LogP contribution in [-0.4, -0.2) is 19.9 Å². The van der Waals surface area contributed by atoms with Crippen LogP contribution >= 0.6 is 0 Å². The Hall–Kier alpha value is -7.18. The Morgan fingerprint density at radius 3 is 1.65 bits per heavy atom. The lowest BCUT2D eigenvalue weighted by Gasteiger charge is -2.10. The third kappa shape index (κ3) is 5.22. The maximum Gasteiger partial charge on any atom is 0.231 e. The summed E-state index contributed by atoms with van der Waals surface area (Å²) in [6.07, 6.45) is 0. The minimum atomic E-state index is 0.497. The number of nitrogens with zero attached hydrogens (tertiary/aromatic N) is 4. The molecule has 0 radical (unpaired) electrons. The van der Waals surface area contributed by atoms with E-state index in [1.54, 1.807) is 0 Å². The highest BCUT2D eigenvalue weighted by Gasteiger charge is 2.22. The Morgan fingerprint density at radius 1 is 0.327 bits per heavy atom. The first-order valence-corrected chi connectivity index (χ1v) is 17.1. The van der Waals surface area contributed by atoms with Gasteiger partial charge in [0.25, 0.3) is 0 Å². The summed E-state index contributed by atoms with van der Waals surface area (Å²) >= 11 is 0. The van der Waals surface area contributed by atoms with Crippen LogP contribution in [0.2, 0.25) is 0 Å². The average molecular weight is 669 g/mol. The molecule has 0 aliphatic heterocycles. The standard InChI is InChI=1S/C46H28N4O2/c1-4-14-29(15-5-1)32-20-12-21-33(26-32)44-48-43(31-18-8-3-9-19-31)49-45(50-44)36-23-13-22-35-37-27-34(30-16-6-2-7-17-30)28-38(42(37)52-41(35)36)46-47-39-24-10-11-25-40(39)51-46/h1-28H. The number of aromatic nitrogens is 4. The van der Waals surface area contributed by atoms with Crippen molar-refractivity contribution in [2.45, 2.75) is 0 Å². The Morgan fingerprint density at radius 2 is 0.904 bits per heavy atom. The number of rotatable bonds is 6. The fourth-order valence-electron chi connectivity index (χ4n) is 6.83. The molecule has 0 fully saturated rings. The van der Waals surface area contributed by atoms with E-state index in [-0.39, 0.29) is 0 Å². The lowest BCUT2D eigenvalue weighted by molar-refractivity contribution is 0.615. The molecule has 10 aromatic rings. The topological polar surface area (TPSA) is 77.8 Å².